The van der Waals surface area contributed by atoms with Crippen LogP contribution in [0.3, 0.4) is 0 Å². The highest BCUT2D eigenvalue weighted by Crippen LogP contribution is 2.30. The molecule has 0 spiro atoms. The first-order valence-corrected chi connectivity index (χ1v) is 12.3. The third-order valence-corrected chi connectivity index (χ3v) is 7.91. The van der Waals surface area contributed by atoms with Gasteiger partial charge in [0.15, 0.2) is 0 Å². The molecule has 2 aromatic heterocycles. The summed E-state index contributed by atoms with van der Waals surface area (Å²) in [7, 11) is 1.92. The van der Waals surface area contributed by atoms with Gasteiger partial charge in [0.1, 0.15) is 0 Å². The molecule has 1 N–H and O–H groups in total. The average molecular weight is 444 g/mol. The van der Waals surface area contributed by atoms with Gasteiger partial charge in [-0.05, 0) is 39.5 Å². The maximum atomic E-state index is 13.2. The Morgan fingerprint density at radius 3 is 2.68 bits per heavy atom. The highest BCUT2D eigenvalue weighted by molar-refractivity contribution is 7.11. The molecular formula is C23H33N5O2S. The third kappa shape index (κ3) is 4.84. The second-order valence-electron chi connectivity index (χ2n) is 9.00. The zero-order valence-electron chi connectivity index (χ0n) is 18.8. The van der Waals surface area contributed by atoms with Crippen LogP contribution >= 0.6 is 11.3 Å². The Morgan fingerprint density at radius 2 is 1.97 bits per heavy atom. The molecule has 2 aromatic rings. The van der Waals surface area contributed by atoms with Crippen LogP contribution in [0.1, 0.15) is 82.5 Å². The molecule has 0 radical (unpaired) electrons. The molecule has 2 amide bonds. The minimum Gasteiger partial charge on any atom is -0.342 e. The van der Waals surface area contributed by atoms with Gasteiger partial charge in [-0.25, -0.2) is 4.98 Å². The van der Waals surface area contributed by atoms with Gasteiger partial charge in [-0.15, -0.1) is 11.3 Å². The normalized spacial score (nSPS) is 20.1. The Labute approximate surface area is 188 Å². The molecule has 0 unspecified atom stereocenters. The van der Waals surface area contributed by atoms with Crippen LogP contribution in [0.2, 0.25) is 0 Å². The molecule has 1 atom stereocenters. The zero-order chi connectivity index (χ0) is 22.0. The standard InChI is InChI=1S/C23H33N5O2S/c1-15-20(31-16(2)25-15)12-21(29)28-11-7-8-17(14-28)22-19(13-24-26-22)23(30)27(3)18-9-5-4-6-10-18/h13,17-18H,4-12,14H2,1-3H3,(H,24,26)/t17-/m0/s1. The lowest BCUT2D eigenvalue weighted by Crippen LogP contribution is -2.41. The predicted octanol–water partition coefficient (Wildman–Crippen LogP) is 3.84. The van der Waals surface area contributed by atoms with Gasteiger partial charge in [0.25, 0.3) is 5.91 Å². The van der Waals surface area contributed by atoms with E-state index in [9.17, 15) is 9.59 Å². The molecule has 3 heterocycles. The van der Waals surface area contributed by atoms with Crippen molar-refractivity contribution >= 4 is 23.2 Å². The molecule has 2 aliphatic rings. The summed E-state index contributed by atoms with van der Waals surface area (Å²) >= 11 is 1.60. The Morgan fingerprint density at radius 1 is 1.19 bits per heavy atom. The first kappa shape index (κ1) is 22.0. The third-order valence-electron chi connectivity index (χ3n) is 6.84. The smallest absolute Gasteiger partial charge is 0.257 e. The van der Waals surface area contributed by atoms with E-state index in [1.807, 2.05) is 30.7 Å². The maximum Gasteiger partial charge on any atom is 0.257 e. The first-order valence-electron chi connectivity index (χ1n) is 11.4. The fraction of sp³-hybridized carbons (Fsp3) is 0.652. The van der Waals surface area contributed by atoms with Crippen LogP contribution in [0.15, 0.2) is 6.20 Å². The number of likely N-dealkylation sites (tertiary alicyclic amines) is 1. The molecular weight excluding hydrogens is 410 g/mol. The monoisotopic (exact) mass is 443 g/mol. The first-order chi connectivity index (χ1) is 14.9. The van der Waals surface area contributed by atoms with Crippen LogP contribution in [-0.2, 0) is 11.2 Å². The van der Waals surface area contributed by atoms with Crippen molar-refractivity contribution < 1.29 is 9.59 Å². The molecule has 1 aliphatic carbocycles. The van der Waals surface area contributed by atoms with Crippen molar-refractivity contribution in [1.82, 2.24) is 25.0 Å². The zero-order valence-corrected chi connectivity index (χ0v) is 19.6. The van der Waals surface area contributed by atoms with Crippen LogP contribution in [0.25, 0.3) is 0 Å². The summed E-state index contributed by atoms with van der Waals surface area (Å²) in [6.45, 7) is 5.34. The number of rotatable bonds is 5. The van der Waals surface area contributed by atoms with Crippen molar-refractivity contribution in [3.63, 3.8) is 0 Å². The van der Waals surface area contributed by atoms with Crippen molar-refractivity contribution in [3.05, 3.63) is 33.0 Å². The van der Waals surface area contributed by atoms with E-state index >= 15 is 0 Å². The molecule has 2 fully saturated rings. The summed E-state index contributed by atoms with van der Waals surface area (Å²) in [4.78, 5) is 35.6. The van der Waals surface area contributed by atoms with Crippen LogP contribution in [-0.4, -0.2) is 63.0 Å². The average Bonchev–Trinajstić information content (AvgIpc) is 3.39. The van der Waals surface area contributed by atoms with Crippen molar-refractivity contribution in [3.8, 4) is 0 Å². The summed E-state index contributed by atoms with van der Waals surface area (Å²) in [5.41, 5.74) is 2.51. The van der Waals surface area contributed by atoms with Crippen LogP contribution in [0.4, 0.5) is 0 Å². The minimum absolute atomic E-state index is 0.0508. The van der Waals surface area contributed by atoms with E-state index in [-0.39, 0.29) is 17.7 Å². The number of amides is 2. The van der Waals surface area contributed by atoms with E-state index < -0.39 is 0 Å². The molecule has 0 bridgehead atoms. The number of hydrogen-bond acceptors (Lipinski definition) is 5. The molecule has 4 rings (SSSR count). The van der Waals surface area contributed by atoms with Gasteiger partial charge in [0, 0.05) is 37.0 Å². The Hall–Kier alpha value is -2.22. The number of nitrogens with one attached hydrogen (secondary N) is 1. The van der Waals surface area contributed by atoms with Crippen molar-refractivity contribution in [1.29, 1.82) is 0 Å². The molecule has 31 heavy (non-hydrogen) atoms. The topological polar surface area (TPSA) is 82.2 Å². The Balaban J connectivity index is 1.44. The summed E-state index contributed by atoms with van der Waals surface area (Å²) in [6, 6.07) is 0.319. The summed E-state index contributed by atoms with van der Waals surface area (Å²) < 4.78 is 0. The summed E-state index contributed by atoms with van der Waals surface area (Å²) in [5, 5.41) is 8.31. The molecule has 1 saturated carbocycles. The highest BCUT2D eigenvalue weighted by Gasteiger charge is 2.31. The van der Waals surface area contributed by atoms with Gasteiger partial charge < -0.3 is 9.80 Å². The van der Waals surface area contributed by atoms with Gasteiger partial charge in [-0.2, -0.15) is 5.10 Å². The van der Waals surface area contributed by atoms with Crippen molar-refractivity contribution in [2.24, 2.45) is 0 Å². The molecule has 168 valence electrons. The number of aromatic amines is 1. The Bertz CT molecular complexity index is 930. The van der Waals surface area contributed by atoms with Crippen LogP contribution in [0, 0.1) is 13.8 Å². The SMILES string of the molecule is Cc1nc(C)c(CC(=O)N2CCC[C@H](c3[nH]ncc3C(=O)N(C)C3CCCCC3)C2)s1. The van der Waals surface area contributed by atoms with E-state index in [2.05, 4.69) is 15.2 Å². The fourth-order valence-corrected chi connectivity index (χ4v) is 5.96. The lowest BCUT2D eigenvalue weighted by atomic mass is 9.91. The molecule has 1 aliphatic heterocycles. The number of aromatic nitrogens is 3. The van der Waals surface area contributed by atoms with Crippen molar-refractivity contribution in [2.75, 3.05) is 20.1 Å². The predicted molar refractivity (Wildman–Crippen MR) is 121 cm³/mol. The number of H-pyrrole nitrogens is 1. The van der Waals surface area contributed by atoms with Crippen LogP contribution < -0.4 is 0 Å². The number of thiazole rings is 1. The summed E-state index contributed by atoms with van der Waals surface area (Å²) in [6.07, 6.45) is 9.78. The number of nitrogens with zero attached hydrogens (tertiary/aromatic N) is 4. The van der Waals surface area contributed by atoms with Crippen LogP contribution in [0.5, 0.6) is 0 Å². The number of carbonyl (C=O) groups excluding carboxylic acids is 2. The van der Waals surface area contributed by atoms with Gasteiger partial charge in [0.2, 0.25) is 5.91 Å². The molecule has 1 saturated heterocycles. The van der Waals surface area contributed by atoms with Gasteiger partial charge >= 0.3 is 0 Å². The second kappa shape index (κ2) is 9.51. The number of aryl methyl sites for hydroxylation is 2. The molecule has 8 heteroatoms. The highest BCUT2D eigenvalue weighted by atomic mass is 32.1. The molecule has 7 nitrogen and oxygen atoms in total. The van der Waals surface area contributed by atoms with E-state index in [0.29, 0.717) is 24.6 Å². The quantitative estimate of drug-likeness (QED) is 0.761. The lowest BCUT2D eigenvalue weighted by Gasteiger charge is -2.34. The van der Waals surface area contributed by atoms with Crippen molar-refractivity contribution in [2.45, 2.75) is 77.2 Å². The number of hydrogen-bond donors (Lipinski definition) is 1. The van der Waals surface area contributed by atoms with E-state index in [0.717, 1.165) is 53.5 Å². The Kier molecular flexibility index (Phi) is 6.74. The van der Waals surface area contributed by atoms with Gasteiger partial charge in [-0.1, -0.05) is 19.3 Å². The minimum atomic E-state index is 0.0508. The molecule has 0 aromatic carbocycles. The number of piperidine rings is 1. The lowest BCUT2D eigenvalue weighted by molar-refractivity contribution is -0.131. The van der Waals surface area contributed by atoms with Gasteiger partial charge in [0.05, 0.1) is 34.6 Å². The van der Waals surface area contributed by atoms with E-state index in [1.165, 1.54) is 19.3 Å². The second-order valence-corrected chi connectivity index (χ2v) is 10.3. The largest absolute Gasteiger partial charge is 0.342 e. The number of carbonyl (C=O) groups is 2. The maximum absolute atomic E-state index is 13.2. The van der Waals surface area contributed by atoms with E-state index in [1.54, 1.807) is 17.5 Å². The van der Waals surface area contributed by atoms with Gasteiger partial charge in [-0.3, -0.25) is 14.7 Å². The fourth-order valence-electron chi connectivity index (χ4n) is 5.03. The van der Waals surface area contributed by atoms with E-state index in [4.69, 9.17) is 0 Å². The summed E-state index contributed by atoms with van der Waals surface area (Å²) in [5.74, 6) is 0.307.